The first-order valence-electron chi connectivity index (χ1n) is 6.68. The van der Waals surface area contributed by atoms with Gasteiger partial charge in [-0.2, -0.15) is 0 Å². The number of likely N-dealkylation sites (tertiary alicyclic amines) is 1. The van der Waals surface area contributed by atoms with E-state index in [0.29, 0.717) is 13.1 Å². The molecule has 100 valence electrons. The van der Waals surface area contributed by atoms with Crippen LogP contribution in [0.15, 0.2) is 0 Å². The van der Waals surface area contributed by atoms with Gasteiger partial charge in [-0.3, -0.25) is 4.79 Å². The van der Waals surface area contributed by atoms with Gasteiger partial charge in [-0.1, -0.05) is 13.8 Å². The Labute approximate surface area is 104 Å². The van der Waals surface area contributed by atoms with Crippen LogP contribution in [0.1, 0.15) is 40.0 Å². The number of aliphatic carboxylic acids is 1. The number of rotatable bonds is 5. The number of likely N-dealkylation sites (N-methyl/N-ethyl adjacent to an activating group) is 1. The van der Waals surface area contributed by atoms with Gasteiger partial charge in [-0.25, -0.2) is 0 Å². The molecule has 0 aromatic heterocycles. The van der Waals surface area contributed by atoms with Crippen LogP contribution in [0.5, 0.6) is 0 Å². The summed E-state index contributed by atoms with van der Waals surface area (Å²) in [6.45, 7) is 9.35. The van der Waals surface area contributed by atoms with E-state index < -0.39 is 11.5 Å². The van der Waals surface area contributed by atoms with Gasteiger partial charge in [0.15, 0.2) is 0 Å². The third-order valence-corrected chi connectivity index (χ3v) is 3.69. The van der Waals surface area contributed by atoms with Crippen LogP contribution in [0.4, 0.5) is 0 Å². The van der Waals surface area contributed by atoms with Crippen molar-refractivity contribution in [2.24, 2.45) is 5.92 Å². The molecule has 1 heterocycles. The Kier molecular flexibility index (Phi) is 5.40. The normalized spacial score (nSPS) is 26.2. The Morgan fingerprint density at radius 3 is 2.76 bits per heavy atom. The molecule has 17 heavy (non-hydrogen) atoms. The zero-order valence-electron chi connectivity index (χ0n) is 11.3. The molecule has 0 aromatic carbocycles. The maximum Gasteiger partial charge on any atom is 0.324 e. The molecule has 2 N–H and O–H groups in total. The van der Waals surface area contributed by atoms with Crippen molar-refractivity contribution in [1.82, 2.24) is 10.2 Å². The van der Waals surface area contributed by atoms with Gasteiger partial charge in [0.05, 0.1) is 0 Å². The second kappa shape index (κ2) is 6.36. The van der Waals surface area contributed by atoms with Gasteiger partial charge in [0.1, 0.15) is 5.54 Å². The number of hydrogen-bond acceptors (Lipinski definition) is 3. The lowest BCUT2D eigenvalue weighted by atomic mass is 10.0. The van der Waals surface area contributed by atoms with Crippen LogP contribution < -0.4 is 5.32 Å². The molecular weight excluding hydrogens is 216 g/mol. The number of nitrogens with zero attached hydrogens (tertiary/aromatic N) is 1. The van der Waals surface area contributed by atoms with Crippen molar-refractivity contribution in [3.8, 4) is 0 Å². The van der Waals surface area contributed by atoms with Crippen LogP contribution >= 0.6 is 0 Å². The van der Waals surface area contributed by atoms with Gasteiger partial charge < -0.3 is 15.3 Å². The van der Waals surface area contributed by atoms with Crippen LogP contribution in [-0.4, -0.2) is 47.7 Å². The van der Waals surface area contributed by atoms with E-state index in [1.165, 1.54) is 19.3 Å². The summed E-state index contributed by atoms with van der Waals surface area (Å²) in [5, 5.41) is 12.4. The highest BCUT2D eigenvalue weighted by Crippen LogP contribution is 2.18. The summed E-state index contributed by atoms with van der Waals surface area (Å²) in [4.78, 5) is 13.6. The Hall–Kier alpha value is -0.610. The zero-order chi connectivity index (χ0) is 12.9. The molecule has 1 aliphatic heterocycles. The van der Waals surface area contributed by atoms with Crippen LogP contribution in [0.3, 0.4) is 0 Å². The first-order valence-corrected chi connectivity index (χ1v) is 6.68. The van der Waals surface area contributed by atoms with E-state index in [0.717, 1.165) is 19.0 Å². The van der Waals surface area contributed by atoms with Gasteiger partial charge >= 0.3 is 5.97 Å². The molecular formula is C13H26N2O2. The van der Waals surface area contributed by atoms with E-state index in [4.69, 9.17) is 0 Å². The van der Waals surface area contributed by atoms with Gasteiger partial charge in [0.2, 0.25) is 0 Å². The van der Waals surface area contributed by atoms with E-state index in [1.807, 2.05) is 6.92 Å². The molecule has 2 unspecified atom stereocenters. The summed E-state index contributed by atoms with van der Waals surface area (Å²) < 4.78 is 0. The molecule has 2 atom stereocenters. The fourth-order valence-electron chi connectivity index (χ4n) is 2.52. The molecule has 1 rings (SSSR count). The van der Waals surface area contributed by atoms with E-state index in [1.54, 1.807) is 6.92 Å². The highest BCUT2D eigenvalue weighted by Gasteiger charge is 2.34. The summed E-state index contributed by atoms with van der Waals surface area (Å²) >= 11 is 0. The van der Waals surface area contributed by atoms with Crippen LogP contribution in [-0.2, 0) is 4.79 Å². The van der Waals surface area contributed by atoms with Crippen molar-refractivity contribution in [1.29, 1.82) is 0 Å². The lowest BCUT2D eigenvalue weighted by Gasteiger charge is -2.32. The lowest BCUT2D eigenvalue weighted by molar-refractivity contribution is -0.145. The predicted molar refractivity (Wildman–Crippen MR) is 69.2 cm³/mol. The van der Waals surface area contributed by atoms with E-state index in [9.17, 15) is 9.90 Å². The van der Waals surface area contributed by atoms with Gasteiger partial charge in [-0.15, -0.1) is 0 Å². The van der Waals surface area contributed by atoms with E-state index >= 15 is 0 Å². The monoisotopic (exact) mass is 242 g/mol. The molecule has 0 saturated carbocycles. The SMILES string of the molecule is CCNC(C)(CN1CCCC(C)CC1)C(=O)O. The molecule has 0 radical (unpaired) electrons. The van der Waals surface area contributed by atoms with Crippen molar-refractivity contribution in [3.05, 3.63) is 0 Å². The minimum absolute atomic E-state index is 0.600. The van der Waals surface area contributed by atoms with Gasteiger partial charge in [0.25, 0.3) is 0 Å². The molecule has 1 aliphatic rings. The lowest BCUT2D eigenvalue weighted by Crippen LogP contribution is -2.57. The Bertz CT molecular complexity index is 258. The molecule has 0 amide bonds. The van der Waals surface area contributed by atoms with Crippen LogP contribution in [0.2, 0.25) is 0 Å². The van der Waals surface area contributed by atoms with Gasteiger partial charge in [-0.05, 0) is 51.7 Å². The standard InChI is InChI=1S/C13H26N2O2/c1-4-14-13(3,12(16)17)10-15-8-5-6-11(2)7-9-15/h11,14H,4-10H2,1-3H3,(H,16,17). The Morgan fingerprint density at radius 1 is 1.47 bits per heavy atom. The zero-order valence-corrected chi connectivity index (χ0v) is 11.3. The summed E-state index contributed by atoms with van der Waals surface area (Å²) in [7, 11) is 0. The van der Waals surface area contributed by atoms with Crippen molar-refractivity contribution >= 4 is 5.97 Å². The highest BCUT2D eigenvalue weighted by atomic mass is 16.4. The molecule has 0 spiro atoms. The summed E-state index contributed by atoms with van der Waals surface area (Å²) in [6, 6.07) is 0. The molecule has 0 bridgehead atoms. The minimum atomic E-state index is -0.817. The predicted octanol–water partition coefficient (Wildman–Crippen LogP) is 1.56. The van der Waals surface area contributed by atoms with Crippen LogP contribution in [0.25, 0.3) is 0 Å². The number of carbonyl (C=O) groups is 1. The van der Waals surface area contributed by atoms with E-state index in [-0.39, 0.29) is 0 Å². The van der Waals surface area contributed by atoms with Gasteiger partial charge in [0, 0.05) is 6.54 Å². The Balaban J connectivity index is 2.57. The number of nitrogens with one attached hydrogen (secondary N) is 1. The maximum absolute atomic E-state index is 11.3. The second-order valence-electron chi connectivity index (χ2n) is 5.48. The fourth-order valence-corrected chi connectivity index (χ4v) is 2.52. The topological polar surface area (TPSA) is 52.6 Å². The molecule has 4 heteroatoms. The number of carboxylic acids is 1. The molecule has 1 fully saturated rings. The smallest absolute Gasteiger partial charge is 0.324 e. The summed E-state index contributed by atoms with van der Waals surface area (Å²) in [5.74, 6) is 0.0202. The first kappa shape index (κ1) is 14.5. The maximum atomic E-state index is 11.3. The fraction of sp³-hybridized carbons (Fsp3) is 0.923. The van der Waals surface area contributed by atoms with Crippen LogP contribution in [0, 0.1) is 5.92 Å². The van der Waals surface area contributed by atoms with Crippen molar-refractivity contribution in [2.75, 3.05) is 26.2 Å². The van der Waals surface area contributed by atoms with Crippen molar-refractivity contribution in [3.63, 3.8) is 0 Å². The van der Waals surface area contributed by atoms with Crippen molar-refractivity contribution in [2.45, 2.75) is 45.6 Å². The summed E-state index contributed by atoms with van der Waals surface area (Å²) in [5.41, 5.74) is -0.817. The molecule has 4 nitrogen and oxygen atoms in total. The van der Waals surface area contributed by atoms with E-state index in [2.05, 4.69) is 17.1 Å². The Morgan fingerprint density at radius 2 is 2.18 bits per heavy atom. The third kappa shape index (κ3) is 4.28. The van der Waals surface area contributed by atoms with Crippen molar-refractivity contribution < 1.29 is 9.90 Å². The molecule has 1 saturated heterocycles. The first-order chi connectivity index (χ1) is 7.98. The largest absolute Gasteiger partial charge is 0.480 e. The average Bonchev–Trinajstić information content (AvgIpc) is 2.44. The number of hydrogen-bond donors (Lipinski definition) is 2. The second-order valence-corrected chi connectivity index (χ2v) is 5.48. The number of carboxylic acid groups (broad SMARTS) is 1. The highest BCUT2D eigenvalue weighted by molar-refractivity contribution is 5.78. The average molecular weight is 242 g/mol. The third-order valence-electron chi connectivity index (χ3n) is 3.69. The minimum Gasteiger partial charge on any atom is -0.480 e. The molecule has 0 aromatic rings. The quantitative estimate of drug-likeness (QED) is 0.768. The molecule has 0 aliphatic carbocycles. The summed E-state index contributed by atoms with van der Waals surface area (Å²) in [6.07, 6.45) is 3.63.